The zero-order valence-electron chi connectivity index (χ0n) is 15.3. The Morgan fingerprint density at radius 3 is 2.56 bits per heavy atom. The number of allylic oxidation sites excluding steroid dienone is 2. The van der Waals surface area contributed by atoms with Gasteiger partial charge in [-0.1, -0.05) is 19.4 Å². The Bertz CT molecular complexity index is 855. The summed E-state index contributed by atoms with van der Waals surface area (Å²) in [7, 11) is 0. The number of carboxylic acid groups (broad SMARTS) is 1. The van der Waals surface area contributed by atoms with Crippen LogP contribution in [0.4, 0.5) is 5.69 Å². The highest BCUT2D eigenvalue weighted by Crippen LogP contribution is 2.27. The van der Waals surface area contributed by atoms with Gasteiger partial charge in [-0.3, -0.25) is 9.78 Å². The van der Waals surface area contributed by atoms with Crippen LogP contribution in [-0.2, 0) is 9.59 Å². The summed E-state index contributed by atoms with van der Waals surface area (Å²) >= 11 is 0. The lowest BCUT2D eigenvalue weighted by molar-refractivity contribution is -0.132. The number of benzene rings is 1. The Morgan fingerprint density at radius 1 is 1.22 bits per heavy atom. The van der Waals surface area contributed by atoms with Crippen LogP contribution in [-0.4, -0.2) is 22.5 Å². The molecule has 1 aromatic heterocycles. The van der Waals surface area contributed by atoms with Gasteiger partial charge in [0.05, 0.1) is 11.3 Å². The maximum Gasteiger partial charge on any atom is 0.335 e. The highest BCUT2D eigenvalue weighted by molar-refractivity contribution is 5.92. The van der Waals surface area contributed by atoms with Gasteiger partial charge in [-0.2, -0.15) is 0 Å². The fraction of sp³-hybridized carbons (Fsp3) is 0.190. The molecule has 0 radical (unpaired) electrons. The zero-order valence-corrected chi connectivity index (χ0v) is 15.3. The highest BCUT2D eigenvalue weighted by atomic mass is 16.5. The van der Waals surface area contributed by atoms with Gasteiger partial charge in [0.2, 0.25) is 6.41 Å². The molecule has 0 fully saturated rings. The fourth-order valence-corrected chi connectivity index (χ4v) is 2.47. The van der Waals surface area contributed by atoms with Crippen molar-refractivity contribution in [2.45, 2.75) is 26.7 Å². The Labute approximate surface area is 158 Å². The summed E-state index contributed by atoms with van der Waals surface area (Å²) in [6.07, 6.45) is 7.02. The number of carbonyl (C=O) groups excluding carboxylic acids is 1. The summed E-state index contributed by atoms with van der Waals surface area (Å²) in [5.41, 5.74) is 2.41. The van der Waals surface area contributed by atoms with E-state index in [2.05, 4.69) is 10.3 Å². The number of aliphatic carboxylic acids is 1. The lowest BCUT2D eigenvalue weighted by Gasteiger charge is -2.10. The van der Waals surface area contributed by atoms with Gasteiger partial charge >= 0.3 is 5.97 Å². The van der Waals surface area contributed by atoms with Crippen molar-refractivity contribution in [2.75, 3.05) is 5.32 Å². The molecule has 6 nitrogen and oxygen atoms in total. The average Bonchev–Trinajstić information content (AvgIpc) is 2.67. The number of hydrogen-bond acceptors (Lipinski definition) is 4. The van der Waals surface area contributed by atoms with Crippen LogP contribution < -0.4 is 10.1 Å². The second-order valence-electron chi connectivity index (χ2n) is 5.73. The predicted octanol–water partition coefficient (Wildman–Crippen LogP) is 4.66. The molecule has 0 aliphatic rings. The maximum atomic E-state index is 11.3. The minimum absolute atomic E-state index is 0.227. The summed E-state index contributed by atoms with van der Waals surface area (Å²) in [5.74, 6) is 0.238. The van der Waals surface area contributed by atoms with Crippen LogP contribution in [0.25, 0.3) is 5.57 Å². The number of pyridine rings is 1. The van der Waals surface area contributed by atoms with Crippen LogP contribution in [0.15, 0.2) is 60.3 Å². The second-order valence-corrected chi connectivity index (χ2v) is 5.73. The summed E-state index contributed by atoms with van der Waals surface area (Å²) in [6.45, 7) is 3.72. The number of aromatic nitrogens is 1. The van der Waals surface area contributed by atoms with Gasteiger partial charge in [0, 0.05) is 18.0 Å². The van der Waals surface area contributed by atoms with E-state index in [1.807, 2.05) is 6.92 Å². The SMILES string of the molecule is C/C=C(\C=C(/CCC)c1cc(Oc2ccc(NC=O)cc2)ccn1)C(=O)O. The standard InChI is InChI=1S/C21H22N2O4/c1-3-5-16(12-15(4-2)21(25)26)20-13-19(10-11-22-20)27-18-8-6-17(7-9-18)23-14-24/h4,6-14H,3,5H2,1-2H3,(H,23,24)(H,25,26)/b15-4+,16-12+. The highest BCUT2D eigenvalue weighted by Gasteiger charge is 2.09. The molecule has 0 unspecified atom stereocenters. The van der Waals surface area contributed by atoms with Crippen LogP contribution in [0, 0.1) is 0 Å². The zero-order chi connectivity index (χ0) is 19.6. The smallest absolute Gasteiger partial charge is 0.335 e. The third-order valence-corrected chi connectivity index (χ3v) is 3.78. The van der Waals surface area contributed by atoms with Crippen molar-refractivity contribution in [2.24, 2.45) is 0 Å². The van der Waals surface area contributed by atoms with Crippen molar-refractivity contribution in [1.29, 1.82) is 0 Å². The van der Waals surface area contributed by atoms with E-state index in [-0.39, 0.29) is 5.57 Å². The largest absolute Gasteiger partial charge is 0.478 e. The number of ether oxygens (including phenoxy) is 1. The second kappa shape index (κ2) is 9.91. The van der Waals surface area contributed by atoms with Gasteiger partial charge in [-0.25, -0.2) is 4.79 Å². The van der Waals surface area contributed by atoms with Crippen molar-refractivity contribution in [3.8, 4) is 11.5 Å². The molecule has 6 heteroatoms. The summed E-state index contributed by atoms with van der Waals surface area (Å²) < 4.78 is 5.84. The molecule has 1 heterocycles. The molecule has 140 valence electrons. The summed E-state index contributed by atoms with van der Waals surface area (Å²) in [6, 6.07) is 10.5. The third-order valence-electron chi connectivity index (χ3n) is 3.78. The molecule has 2 aromatic rings. The first-order chi connectivity index (χ1) is 13.1. The number of nitrogens with one attached hydrogen (secondary N) is 1. The molecule has 1 aromatic carbocycles. The van der Waals surface area contributed by atoms with Crippen molar-refractivity contribution in [3.05, 3.63) is 66.0 Å². The monoisotopic (exact) mass is 366 g/mol. The van der Waals surface area contributed by atoms with Crippen LogP contribution in [0.1, 0.15) is 32.4 Å². The molecule has 0 saturated heterocycles. The molecule has 27 heavy (non-hydrogen) atoms. The average molecular weight is 366 g/mol. The lowest BCUT2D eigenvalue weighted by atomic mass is 10.0. The number of anilines is 1. The van der Waals surface area contributed by atoms with Crippen LogP contribution in [0.2, 0.25) is 0 Å². The van der Waals surface area contributed by atoms with Gasteiger partial charge in [0.15, 0.2) is 0 Å². The molecular weight excluding hydrogens is 344 g/mol. The van der Waals surface area contributed by atoms with E-state index in [0.717, 1.165) is 12.0 Å². The van der Waals surface area contributed by atoms with Crippen molar-refractivity contribution < 1.29 is 19.4 Å². The minimum Gasteiger partial charge on any atom is -0.478 e. The lowest BCUT2D eigenvalue weighted by Crippen LogP contribution is -1.99. The minimum atomic E-state index is -0.970. The fourth-order valence-electron chi connectivity index (χ4n) is 2.47. The number of amides is 1. The Hall–Kier alpha value is -3.41. The molecule has 2 N–H and O–H groups in total. The van der Waals surface area contributed by atoms with Crippen LogP contribution >= 0.6 is 0 Å². The first kappa shape index (κ1) is 19.9. The number of hydrogen-bond donors (Lipinski definition) is 2. The van der Waals surface area contributed by atoms with E-state index in [1.165, 1.54) is 0 Å². The van der Waals surface area contributed by atoms with E-state index in [0.29, 0.717) is 35.7 Å². The van der Waals surface area contributed by atoms with E-state index < -0.39 is 5.97 Å². The first-order valence-electron chi connectivity index (χ1n) is 8.62. The topological polar surface area (TPSA) is 88.5 Å². The molecule has 0 atom stereocenters. The number of nitrogens with zero attached hydrogens (tertiary/aromatic N) is 1. The molecule has 0 spiro atoms. The molecule has 2 rings (SSSR count). The van der Waals surface area contributed by atoms with Crippen molar-refractivity contribution in [1.82, 2.24) is 4.98 Å². The molecule has 0 aliphatic heterocycles. The first-order valence-corrected chi connectivity index (χ1v) is 8.62. The van der Waals surface area contributed by atoms with Gasteiger partial charge in [0.1, 0.15) is 11.5 Å². The molecule has 1 amide bonds. The van der Waals surface area contributed by atoms with E-state index in [1.54, 1.807) is 61.7 Å². The molecule has 0 saturated carbocycles. The van der Waals surface area contributed by atoms with Gasteiger partial charge in [-0.05, 0) is 55.3 Å². The molecular formula is C21H22N2O4. The summed E-state index contributed by atoms with van der Waals surface area (Å²) in [5, 5.41) is 11.8. The Balaban J connectivity index is 2.27. The normalized spacial score (nSPS) is 11.8. The number of carbonyl (C=O) groups is 2. The van der Waals surface area contributed by atoms with Crippen LogP contribution in [0.3, 0.4) is 0 Å². The van der Waals surface area contributed by atoms with Crippen molar-refractivity contribution in [3.63, 3.8) is 0 Å². The van der Waals surface area contributed by atoms with E-state index in [4.69, 9.17) is 4.74 Å². The van der Waals surface area contributed by atoms with Crippen molar-refractivity contribution >= 4 is 23.6 Å². The Morgan fingerprint density at radius 2 is 1.96 bits per heavy atom. The van der Waals surface area contributed by atoms with Crippen LogP contribution in [0.5, 0.6) is 11.5 Å². The third kappa shape index (κ3) is 5.81. The maximum absolute atomic E-state index is 11.3. The van der Waals surface area contributed by atoms with Gasteiger partial charge < -0.3 is 15.2 Å². The quantitative estimate of drug-likeness (QED) is 0.383. The van der Waals surface area contributed by atoms with Gasteiger partial charge in [0.25, 0.3) is 0 Å². The Kier molecular flexibility index (Phi) is 7.31. The predicted molar refractivity (Wildman–Crippen MR) is 105 cm³/mol. The van der Waals surface area contributed by atoms with Gasteiger partial charge in [-0.15, -0.1) is 0 Å². The number of carboxylic acids is 1. The van der Waals surface area contributed by atoms with E-state index >= 15 is 0 Å². The molecule has 0 bridgehead atoms. The summed E-state index contributed by atoms with van der Waals surface area (Å²) in [4.78, 5) is 26.1. The number of rotatable bonds is 9. The van der Waals surface area contributed by atoms with E-state index in [9.17, 15) is 14.7 Å². The molecule has 0 aliphatic carbocycles.